The van der Waals surface area contributed by atoms with Crippen molar-refractivity contribution in [2.75, 3.05) is 17.2 Å². The normalized spacial score (nSPS) is 10.4. The standard InChI is InChI=1S/C19H24BrN3O2/c1-5-6-11-25-17-12(2)13(3)18(21-14(17)4)23-19(24)22-16-9-7-15(20)8-10-16/h7-10H,5-6,11H2,1-4H3,(H2,21,22,23,24). The lowest BCUT2D eigenvalue weighted by atomic mass is 10.1. The van der Waals surface area contributed by atoms with Gasteiger partial charge in [0.15, 0.2) is 0 Å². The maximum atomic E-state index is 12.2. The first-order valence-electron chi connectivity index (χ1n) is 8.36. The topological polar surface area (TPSA) is 63.2 Å². The van der Waals surface area contributed by atoms with Gasteiger partial charge in [-0.2, -0.15) is 0 Å². The first-order valence-corrected chi connectivity index (χ1v) is 9.15. The number of nitrogens with zero attached hydrogens (tertiary/aromatic N) is 1. The molecule has 0 aliphatic rings. The minimum atomic E-state index is -0.323. The summed E-state index contributed by atoms with van der Waals surface area (Å²) < 4.78 is 6.82. The number of amides is 2. The van der Waals surface area contributed by atoms with E-state index in [0.29, 0.717) is 18.1 Å². The number of carbonyl (C=O) groups is 1. The highest BCUT2D eigenvalue weighted by atomic mass is 79.9. The molecule has 0 radical (unpaired) electrons. The van der Waals surface area contributed by atoms with Crippen LogP contribution >= 0.6 is 15.9 Å². The Morgan fingerprint density at radius 1 is 1.12 bits per heavy atom. The van der Waals surface area contributed by atoms with Gasteiger partial charge >= 0.3 is 6.03 Å². The molecule has 0 saturated carbocycles. The fraction of sp³-hybridized carbons (Fsp3) is 0.368. The van der Waals surface area contributed by atoms with Gasteiger partial charge in [0, 0.05) is 10.2 Å². The van der Waals surface area contributed by atoms with Crippen molar-refractivity contribution in [3.8, 4) is 5.75 Å². The zero-order chi connectivity index (χ0) is 18.4. The highest BCUT2D eigenvalue weighted by Gasteiger charge is 2.15. The van der Waals surface area contributed by atoms with Crippen molar-refractivity contribution in [3.05, 3.63) is 45.6 Å². The van der Waals surface area contributed by atoms with Gasteiger partial charge in [-0.15, -0.1) is 0 Å². The number of carbonyl (C=O) groups excluding carboxylic acids is 1. The summed E-state index contributed by atoms with van der Waals surface area (Å²) in [5.41, 5.74) is 3.40. The number of halogens is 1. The molecule has 0 unspecified atom stereocenters. The molecule has 5 nitrogen and oxygen atoms in total. The van der Waals surface area contributed by atoms with Gasteiger partial charge in [-0.1, -0.05) is 29.3 Å². The highest BCUT2D eigenvalue weighted by molar-refractivity contribution is 9.10. The zero-order valence-electron chi connectivity index (χ0n) is 15.1. The third-order valence-electron chi connectivity index (χ3n) is 3.94. The Hall–Kier alpha value is -2.08. The second-order valence-electron chi connectivity index (χ2n) is 5.91. The lowest BCUT2D eigenvalue weighted by Crippen LogP contribution is -2.21. The average molecular weight is 406 g/mol. The van der Waals surface area contributed by atoms with Gasteiger partial charge in [-0.05, 0) is 62.6 Å². The molecule has 134 valence electrons. The predicted molar refractivity (Wildman–Crippen MR) is 106 cm³/mol. The molecule has 6 heteroatoms. The Morgan fingerprint density at radius 3 is 2.44 bits per heavy atom. The molecule has 1 aromatic heterocycles. The number of rotatable bonds is 6. The Bertz CT molecular complexity index is 745. The molecule has 0 bridgehead atoms. The average Bonchev–Trinajstić information content (AvgIpc) is 2.57. The second kappa shape index (κ2) is 8.85. The molecule has 2 aromatic rings. The quantitative estimate of drug-likeness (QED) is 0.615. The SMILES string of the molecule is CCCCOc1c(C)nc(NC(=O)Nc2ccc(Br)cc2)c(C)c1C. The molecule has 0 fully saturated rings. The summed E-state index contributed by atoms with van der Waals surface area (Å²) >= 11 is 3.37. The molecular weight excluding hydrogens is 382 g/mol. The van der Waals surface area contributed by atoms with Crippen LogP contribution < -0.4 is 15.4 Å². The molecule has 1 heterocycles. The summed E-state index contributed by atoms with van der Waals surface area (Å²) in [6, 6.07) is 7.07. The first-order chi connectivity index (χ1) is 11.9. The van der Waals surface area contributed by atoms with E-state index in [-0.39, 0.29) is 6.03 Å². The van der Waals surface area contributed by atoms with E-state index < -0.39 is 0 Å². The molecule has 0 spiro atoms. The second-order valence-corrected chi connectivity index (χ2v) is 6.83. The van der Waals surface area contributed by atoms with E-state index in [9.17, 15) is 4.79 Å². The van der Waals surface area contributed by atoms with E-state index in [1.165, 1.54) is 0 Å². The third kappa shape index (κ3) is 5.19. The molecule has 0 saturated heterocycles. The minimum Gasteiger partial charge on any atom is -0.491 e. The van der Waals surface area contributed by atoms with Gasteiger partial charge in [0.25, 0.3) is 0 Å². The van der Waals surface area contributed by atoms with Gasteiger partial charge in [0.05, 0.1) is 12.3 Å². The largest absolute Gasteiger partial charge is 0.491 e. The van der Waals surface area contributed by atoms with E-state index in [1.807, 2.05) is 45.0 Å². The van der Waals surface area contributed by atoms with Crippen LogP contribution in [0.4, 0.5) is 16.3 Å². The van der Waals surface area contributed by atoms with Crippen LogP contribution in [0.5, 0.6) is 5.75 Å². The number of aromatic nitrogens is 1. The molecule has 0 aliphatic carbocycles. The van der Waals surface area contributed by atoms with Gasteiger partial charge in [-0.25, -0.2) is 9.78 Å². The van der Waals surface area contributed by atoms with Crippen LogP contribution in [0.15, 0.2) is 28.7 Å². The first kappa shape index (κ1) is 19.2. The minimum absolute atomic E-state index is 0.323. The van der Waals surface area contributed by atoms with Crippen LogP contribution in [-0.2, 0) is 0 Å². The van der Waals surface area contributed by atoms with Crippen LogP contribution in [0.1, 0.15) is 36.6 Å². The van der Waals surface area contributed by atoms with Crippen LogP contribution in [0.3, 0.4) is 0 Å². The molecule has 1 aromatic carbocycles. The van der Waals surface area contributed by atoms with Gasteiger partial charge in [-0.3, -0.25) is 5.32 Å². The van der Waals surface area contributed by atoms with E-state index in [0.717, 1.165) is 39.9 Å². The summed E-state index contributed by atoms with van der Waals surface area (Å²) in [5, 5.41) is 5.62. The van der Waals surface area contributed by atoms with Crippen molar-refractivity contribution in [1.82, 2.24) is 4.98 Å². The van der Waals surface area contributed by atoms with Crippen LogP contribution in [0.2, 0.25) is 0 Å². The van der Waals surface area contributed by atoms with E-state index >= 15 is 0 Å². The fourth-order valence-electron chi connectivity index (χ4n) is 2.38. The summed E-state index contributed by atoms with van der Waals surface area (Å²) in [7, 11) is 0. The molecule has 2 amide bonds. The zero-order valence-corrected chi connectivity index (χ0v) is 16.7. The number of pyridine rings is 1. The number of hydrogen-bond donors (Lipinski definition) is 2. The van der Waals surface area contributed by atoms with E-state index in [4.69, 9.17) is 4.74 Å². The van der Waals surface area contributed by atoms with Gasteiger partial charge < -0.3 is 10.1 Å². The van der Waals surface area contributed by atoms with Crippen molar-refractivity contribution >= 4 is 33.5 Å². The number of hydrogen-bond acceptors (Lipinski definition) is 3. The Morgan fingerprint density at radius 2 is 1.80 bits per heavy atom. The Balaban J connectivity index is 2.11. The Kier molecular flexibility index (Phi) is 6.82. The van der Waals surface area contributed by atoms with Crippen LogP contribution in [0.25, 0.3) is 0 Å². The summed E-state index contributed by atoms with van der Waals surface area (Å²) in [6.45, 7) is 8.62. The molecule has 2 rings (SSSR count). The fourth-order valence-corrected chi connectivity index (χ4v) is 2.64. The number of urea groups is 1. The lowest BCUT2D eigenvalue weighted by Gasteiger charge is -2.17. The maximum Gasteiger partial charge on any atom is 0.324 e. The van der Waals surface area contributed by atoms with E-state index in [2.05, 4.69) is 38.5 Å². The highest BCUT2D eigenvalue weighted by Crippen LogP contribution is 2.29. The summed E-state index contributed by atoms with van der Waals surface area (Å²) in [5.74, 6) is 1.36. The van der Waals surface area contributed by atoms with Crippen LogP contribution in [-0.4, -0.2) is 17.6 Å². The monoisotopic (exact) mass is 405 g/mol. The van der Waals surface area contributed by atoms with Crippen molar-refractivity contribution < 1.29 is 9.53 Å². The van der Waals surface area contributed by atoms with Gasteiger partial charge in [0.1, 0.15) is 11.6 Å². The molecule has 25 heavy (non-hydrogen) atoms. The summed E-state index contributed by atoms with van der Waals surface area (Å²) in [6.07, 6.45) is 2.09. The summed E-state index contributed by atoms with van der Waals surface area (Å²) in [4.78, 5) is 16.7. The van der Waals surface area contributed by atoms with Crippen molar-refractivity contribution in [2.45, 2.75) is 40.5 Å². The molecule has 0 aliphatic heterocycles. The number of anilines is 2. The maximum absolute atomic E-state index is 12.2. The smallest absolute Gasteiger partial charge is 0.324 e. The van der Waals surface area contributed by atoms with Gasteiger partial charge in [0.2, 0.25) is 0 Å². The number of ether oxygens (including phenoxy) is 1. The van der Waals surface area contributed by atoms with Crippen molar-refractivity contribution in [2.24, 2.45) is 0 Å². The lowest BCUT2D eigenvalue weighted by molar-refractivity contribution is 0.262. The molecule has 0 atom stereocenters. The Labute approximate surface area is 157 Å². The predicted octanol–water partition coefficient (Wildman–Crippen LogP) is 5.59. The molecular formula is C19H24BrN3O2. The number of nitrogens with one attached hydrogen (secondary N) is 2. The van der Waals surface area contributed by atoms with Crippen LogP contribution in [0, 0.1) is 20.8 Å². The third-order valence-corrected chi connectivity index (χ3v) is 4.47. The number of aryl methyl sites for hydroxylation is 1. The number of unbranched alkanes of at least 4 members (excludes halogenated alkanes) is 1. The number of benzene rings is 1. The molecule has 2 N–H and O–H groups in total. The van der Waals surface area contributed by atoms with E-state index in [1.54, 1.807) is 0 Å². The van der Waals surface area contributed by atoms with Crippen molar-refractivity contribution in [1.29, 1.82) is 0 Å². The van der Waals surface area contributed by atoms with Crippen molar-refractivity contribution in [3.63, 3.8) is 0 Å².